The van der Waals surface area contributed by atoms with Crippen molar-refractivity contribution in [3.8, 4) is 0 Å². The van der Waals surface area contributed by atoms with Gasteiger partial charge in [-0.3, -0.25) is 4.79 Å². The summed E-state index contributed by atoms with van der Waals surface area (Å²) in [6, 6.07) is -0.0382. The molecule has 2 fully saturated rings. The molecule has 2 N–H and O–H groups in total. The summed E-state index contributed by atoms with van der Waals surface area (Å²) in [5.41, 5.74) is 0. The van der Waals surface area contributed by atoms with Crippen LogP contribution in [-0.2, 0) is 4.79 Å². The monoisotopic (exact) mass is 283 g/mol. The van der Waals surface area contributed by atoms with Crippen LogP contribution < -0.4 is 5.32 Å². The number of likely N-dealkylation sites (tertiary alicyclic amines) is 2. The van der Waals surface area contributed by atoms with Crippen molar-refractivity contribution in [3.63, 3.8) is 0 Å². The first kappa shape index (κ1) is 15.1. The lowest BCUT2D eigenvalue weighted by Gasteiger charge is -2.30. The maximum atomic E-state index is 12.0. The Kier molecular flexibility index (Phi) is 5.23. The predicted octanol–water partition coefficient (Wildman–Crippen LogP) is 0.834. The number of carbonyl (C=O) groups is 2. The van der Waals surface area contributed by atoms with Crippen LogP contribution >= 0.6 is 0 Å². The molecule has 0 aromatic rings. The topological polar surface area (TPSA) is 72.9 Å². The molecule has 0 radical (unpaired) electrons. The second-order valence-corrected chi connectivity index (χ2v) is 5.83. The van der Waals surface area contributed by atoms with Gasteiger partial charge in [-0.1, -0.05) is 6.92 Å². The Labute approximate surface area is 120 Å². The van der Waals surface area contributed by atoms with Crippen molar-refractivity contribution < 1.29 is 14.7 Å². The van der Waals surface area contributed by atoms with Gasteiger partial charge in [0.15, 0.2) is 0 Å². The molecule has 0 aromatic heterocycles. The van der Waals surface area contributed by atoms with E-state index in [-0.39, 0.29) is 11.9 Å². The highest BCUT2D eigenvalue weighted by Gasteiger charge is 2.27. The third kappa shape index (κ3) is 3.85. The van der Waals surface area contributed by atoms with E-state index in [1.54, 1.807) is 4.90 Å². The molecule has 0 aromatic carbocycles. The van der Waals surface area contributed by atoms with Gasteiger partial charge in [-0.25, -0.2) is 4.79 Å². The van der Waals surface area contributed by atoms with Crippen LogP contribution in [0.25, 0.3) is 0 Å². The molecule has 2 aliphatic heterocycles. The number of hydrogen-bond donors (Lipinski definition) is 2. The molecule has 0 bridgehead atoms. The normalized spacial score (nSPS) is 24.9. The number of urea groups is 1. The van der Waals surface area contributed by atoms with Crippen molar-refractivity contribution >= 4 is 12.0 Å². The lowest BCUT2D eigenvalue weighted by molar-refractivity contribution is -0.143. The third-order valence-electron chi connectivity index (χ3n) is 4.49. The number of carboxylic acids is 1. The number of nitrogens with zero attached hydrogens (tertiary/aromatic N) is 2. The van der Waals surface area contributed by atoms with E-state index in [4.69, 9.17) is 5.11 Å². The molecular formula is C14H25N3O3. The first-order valence-corrected chi connectivity index (χ1v) is 7.58. The summed E-state index contributed by atoms with van der Waals surface area (Å²) in [5, 5.41) is 11.9. The average Bonchev–Trinajstić information content (AvgIpc) is 2.93. The number of carbonyl (C=O) groups excluding carboxylic acids is 1. The van der Waals surface area contributed by atoms with Crippen LogP contribution in [0.15, 0.2) is 0 Å². The van der Waals surface area contributed by atoms with Gasteiger partial charge in [0.25, 0.3) is 0 Å². The molecule has 0 saturated carbocycles. The van der Waals surface area contributed by atoms with E-state index in [0.717, 1.165) is 32.6 Å². The Balaban J connectivity index is 1.67. The quantitative estimate of drug-likeness (QED) is 0.802. The highest BCUT2D eigenvalue weighted by Crippen LogP contribution is 2.18. The fourth-order valence-electron chi connectivity index (χ4n) is 3.04. The number of amides is 2. The SMILES string of the molecule is CCN1CCC(CNC(=O)N2CCC(C(=O)O)CC2)C1. The highest BCUT2D eigenvalue weighted by molar-refractivity contribution is 5.75. The van der Waals surface area contributed by atoms with E-state index >= 15 is 0 Å². The fourth-order valence-corrected chi connectivity index (χ4v) is 3.04. The van der Waals surface area contributed by atoms with Crippen LogP contribution in [0.1, 0.15) is 26.2 Å². The van der Waals surface area contributed by atoms with Gasteiger partial charge in [-0.2, -0.15) is 0 Å². The minimum atomic E-state index is -0.740. The largest absolute Gasteiger partial charge is 0.481 e. The minimum Gasteiger partial charge on any atom is -0.481 e. The zero-order valence-electron chi connectivity index (χ0n) is 12.2. The number of rotatable bonds is 4. The van der Waals surface area contributed by atoms with Gasteiger partial charge in [0.05, 0.1) is 5.92 Å². The number of nitrogens with one attached hydrogen (secondary N) is 1. The Morgan fingerprint density at radius 1 is 1.20 bits per heavy atom. The van der Waals surface area contributed by atoms with Gasteiger partial charge in [0, 0.05) is 26.2 Å². The zero-order chi connectivity index (χ0) is 14.5. The van der Waals surface area contributed by atoms with Crippen molar-refractivity contribution in [3.05, 3.63) is 0 Å². The van der Waals surface area contributed by atoms with E-state index in [9.17, 15) is 9.59 Å². The molecule has 6 nitrogen and oxygen atoms in total. The number of hydrogen-bond acceptors (Lipinski definition) is 3. The molecule has 0 aliphatic carbocycles. The first-order valence-electron chi connectivity index (χ1n) is 7.58. The molecular weight excluding hydrogens is 258 g/mol. The summed E-state index contributed by atoms with van der Waals surface area (Å²) in [5.74, 6) is -0.474. The van der Waals surface area contributed by atoms with E-state index in [2.05, 4.69) is 17.1 Å². The van der Waals surface area contributed by atoms with Gasteiger partial charge >= 0.3 is 12.0 Å². The van der Waals surface area contributed by atoms with E-state index in [1.807, 2.05) is 0 Å². The minimum absolute atomic E-state index is 0.0382. The Morgan fingerprint density at radius 3 is 2.45 bits per heavy atom. The van der Waals surface area contributed by atoms with Crippen LogP contribution in [0.4, 0.5) is 4.79 Å². The summed E-state index contributed by atoms with van der Waals surface area (Å²) in [6.07, 6.45) is 2.28. The first-order chi connectivity index (χ1) is 9.60. The van der Waals surface area contributed by atoms with E-state index in [1.165, 1.54) is 0 Å². The summed E-state index contributed by atoms with van der Waals surface area (Å²) in [7, 11) is 0. The summed E-state index contributed by atoms with van der Waals surface area (Å²) >= 11 is 0. The molecule has 114 valence electrons. The standard InChI is InChI=1S/C14H25N3O3/c1-2-16-6-3-11(10-16)9-15-14(20)17-7-4-12(5-8-17)13(18)19/h11-12H,2-10H2,1H3,(H,15,20)(H,18,19). The number of carboxylic acid groups (broad SMARTS) is 1. The Bertz CT molecular complexity index is 354. The van der Waals surface area contributed by atoms with Crippen LogP contribution in [0, 0.1) is 11.8 Å². The van der Waals surface area contributed by atoms with Gasteiger partial charge < -0.3 is 20.2 Å². The maximum Gasteiger partial charge on any atom is 0.317 e. The molecule has 2 heterocycles. The molecule has 2 amide bonds. The van der Waals surface area contributed by atoms with Crippen molar-refractivity contribution in [2.75, 3.05) is 39.3 Å². The van der Waals surface area contributed by atoms with E-state index in [0.29, 0.717) is 31.8 Å². The number of piperidine rings is 1. The van der Waals surface area contributed by atoms with Crippen LogP contribution in [-0.4, -0.2) is 66.2 Å². The van der Waals surface area contributed by atoms with Gasteiger partial charge in [0.1, 0.15) is 0 Å². The van der Waals surface area contributed by atoms with Crippen molar-refractivity contribution in [2.24, 2.45) is 11.8 Å². The smallest absolute Gasteiger partial charge is 0.317 e. The zero-order valence-corrected chi connectivity index (χ0v) is 12.2. The Morgan fingerprint density at radius 2 is 1.90 bits per heavy atom. The third-order valence-corrected chi connectivity index (χ3v) is 4.49. The molecule has 1 atom stereocenters. The second kappa shape index (κ2) is 6.92. The van der Waals surface area contributed by atoms with Gasteiger partial charge in [-0.05, 0) is 38.3 Å². The van der Waals surface area contributed by atoms with Gasteiger partial charge in [0.2, 0.25) is 0 Å². The maximum absolute atomic E-state index is 12.0. The fraction of sp³-hybridized carbons (Fsp3) is 0.857. The molecule has 1 unspecified atom stereocenters. The highest BCUT2D eigenvalue weighted by atomic mass is 16.4. The molecule has 2 aliphatic rings. The van der Waals surface area contributed by atoms with E-state index < -0.39 is 5.97 Å². The van der Waals surface area contributed by atoms with Crippen molar-refractivity contribution in [1.29, 1.82) is 0 Å². The molecule has 2 saturated heterocycles. The molecule has 2 rings (SSSR count). The number of aliphatic carboxylic acids is 1. The van der Waals surface area contributed by atoms with Gasteiger partial charge in [-0.15, -0.1) is 0 Å². The lowest BCUT2D eigenvalue weighted by atomic mass is 9.97. The lowest BCUT2D eigenvalue weighted by Crippen LogP contribution is -2.46. The van der Waals surface area contributed by atoms with Crippen LogP contribution in [0.5, 0.6) is 0 Å². The van der Waals surface area contributed by atoms with Crippen molar-refractivity contribution in [1.82, 2.24) is 15.1 Å². The molecule has 0 spiro atoms. The second-order valence-electron chi connectivity index (χ2n) is 5.83. The molecule has 6 heteroatoms. The summed E-state index contributed by atoms with van der Waals surface area (Å²) in [6.45, 7) is 7.26. The average molecular weight is 283 g/mol. The summed E-state index contributed by atoms with van der Waals surface area (Å²) < 4.78 is 0. The van der Waals surface area contributed by atoms with Crippen LogP contribution in [0.3, 0.4) is 0 Å². The summed E-state index contributed by atoms with van der Waals surface area (Å²) in [4.78, 5) is 27.0. The van der Waals surface area contributed by atoms with Crippen LogP contribution in [0.2, 0.25) is 0 Å². The van der Waals surface area contributed by atoms with Crippen molar-refractivity contribution in [2.45, 2.75) is 26.2 Å². The Hall–Kier alpha value is -1.30. The molecule has 20 heavy (non-hydrogen) atoms. The predicted molar refractivity (Wildman–Crippen MR) is 75.6 cm³/mol.